The van der Waals surface area contributed by atoms with Gasteiger partial charge in [0.1, 0.15) is 12.4 Å². The van der Waals surface area contributed by atoms with E-state index in [1.165, 1.54) is 30.3 Å². The predicted molar refractivity (Wildman–Crippen MR) is 78.4 cm³/mol. The highest BCUT2D eigenvalue weighted by atomic mass is 19.1. The molecule has 0 fully saturated rings. The summed E-state index contributed by atoms with van der Waals surface area (Å²) in [6.45, 7) is 0.104. The van der Waals surface area contributed by atoms with Gasteiger partial charge in [0.05, 0.1) is 6.54 Å². The Hall–Kier alpha value is -2.87. The SMILES string of the molecule is O=C(NCC#CCOc1ccccc1F)c1cccc(F)c1. The first-order chi connectivity index (χ1) is 10.7. The molecule has 0 bridgehead atoms. The van der Waals surface area contributed by atoms with Crippen LogP contribution in [0.3, 0.4) is 0 Å². The van der Waals surface area contributed by atoms with Gasteiger partial charge in [0.2, 0.25) is 0 Å². The Kier molecular flexibility index (Phi) is 5.50. The lowest BCUT2D eigenvalue weighted by molar-refractivity contribution is 0.0958. The molecule has 0 spiro atoms. The Morgan fingerprint density at radius 3 is 2.68 bits per heavy atom. The molecule has 2 aromatic rings. The highest BCUT2D eigenvalue weighted by Gasteiger charge is 2.04. The van der Waals surface area contributed by atoms with Crippen molar-refractivity contribution in [1.82, 2.24) is 5.32 Å². The summed E-state index contributed by atoms with van der Waals surface area (Å²) in [7, 11) is 0. The number of hydrogen-bond acceptors (Lipinski definition) is 2. The maximum Gasteiger partial charge on any atom is 0.252 e. The smallest absolute Gasteiger partial charge is 0.252 e. The zero-order chi connectivity index (χ0) is 15.8. The van der Waals surface area contributed by atoms with E-state index in [1.807, 2.05) is 0 Å². The van der Waals surface area contributed by atoms with E-state index in [2.05, 4.69) is 17.2 Å². The molecule has 0 unspecified atom stereocenters. The van der Waals surface area contributed by atoms with E-state index < -0.39 is 17.5 Å². The Morgan fingerprint density at radius 2 is 1.91 bits per heavy atom. The van der Waals surface area contributed by atoms with Crippen molar-refractivity contribution in [2.24, 2.45) is 0 Å². The number of nitrogens with one attached hydrogen (secondary N) is 1. The summed E-state index contributed by atoms with van der Waals surface area (Å²) in [6, 6.07) is 11.4. The third-order valence-electron chi connectivity index (χ3n) is 2.69. The van der Waals surface area contributed by atoms with Gasteiger partial charge in [0.15, 0.2) is 11.6 Å². The van der Waals surface area contributed by atoms with E-state index in [-0.39, 0.29) is 24.5 Å². The lowest BCUT2D eigenvalue weighted by Gasteiger charge is -2.02. The molecule has 1 amide bonds. The molecule has 0 aliphatic heterocycles. The molecular weight excluding hydrogens is 288 g/mol. The third kappa shape index (κ3) is 4.60. The van der Waals surface area contributed by atoms with Gasteiger partial charge in [-0.05, 0) is 30.3 Å². The number of ether oxygens (including phenoxy) is 1. The Balaban J connectivity index is 1.75. The molecule has 0 heterocycles. The summed E-state index contributed by atoms with van der Waals surface area (Å²) < 4.78 is 31.3. The van der Waals surface area contributed by atoms with Crippen molar-refractivity contribution in [2.75, 3.05) is 13.2 Å². The fourth-order valence-corrected chi connectivity index (χ4v) is 1.65. The number of para-hydroxylation sites is 1. The van der Waals surface area contributed by atoms with Crippen LogP contribution in [0.25, 0.3) is 0 Å². The fourth-order valence-electron chi connectivity index (χ4n) is 1.65. The number of rotatable bonds is 4. The molecular formula is C17H13F2NO2. The first-order valence-corrected chi connectivity index (χ1v) is 6.53. The molecule has 0 aromatic heterocycles. The minimum absolute atomic E-state index is 0.0107. The van der Waals surface area contributed by atoms with E-state index >= 15 is 0 Å². The molecule has 3 nitrogen and oxygen atoms in total. The van der Waals surface area contributed by atoms with Gasteiger partial charge in [-0.25, -0.2) is 8.78 Å². The standard InChI is InChI=1S/C17H13F2NO2/c18-14-7-5-6-13(12-14)17(21)20-10-3-4-11-22-16-9-2-1-8-15(16)19/h1-2,5-9,12H,10-11H2,(H,20,21). The van der Waals surface area contributed by atoms with E-state index in [4.69, 9.17) is 4.74 Å². The van der Waals surface area contributed by atoms with Crippen molar-refractivity contribution >= 4 is 5.91 Å². The molecule has 0 aliphatic carbocycles. The van der Waals surface area contributed by atoms with Crippen molar-refractivity contribution in [3.8, 4) is 17.6 Å². The molecule has 0 saturated carbocycles. The van der Waals surface area contributed by atoms with E-state index in [0.29, 0.717) is 0 Å². The molecule has 0 radical (unpaired) electrons. The highest BCUT2D eigenvalue weighted by molar-refractivity contribution is 5.94. The van der Waals surface area contributed by atoms with Crippen LogP contribution in [0.5, 0.6) is 5.75 Å². The average molecular weight is 301 g/mol. The van der Waals surface area contributed by atoms with Crippen LogP contribution in [0.2, 0.25) is 0 Å². The molecule has 0 atom stereocenters. The zero-order valence-electron chi connectivity index (χ0n) is 11.6. The maximum atomic E-state index is 13.2. The van der Waals surface area contributed by atoms with Crippen LogP contribution in [0.15, 0.2) is 48.5 Å². The summed E-state index contributed by atoms with van der Waals surface area (Å²) >= 11 is 0. The van der Waals surface area contributed by atoms with Gasteiger partial charge in [-0.2, -0.15) is 0 Å². The van der Waals surface area contributed by atoms with Crippen molar-refractivity contribution in [1.29, 1.82) is 0 Å². The number of hydrogen-bond donors (Lipinski definition) is 1. The van der Waals surface area contributed by atoms with Crippen LogP contribution >= 0.6 is 0 Å². The number of amides is 1. The van der Waals surface area contributed by atoms with E-state index in [9.17, 15) is 13.6 Å². The van der Waals surface area contributed by atoms with Gasteiger partial charge in [-0.3, -0.25) is 4.79 Å². The van der Waals surface area contributed by atoms with Gasteiger partial charge >= 0.3 is 0 Å². The zero-order valence-corrected chi connectivity index (χ0v) is 11.6. The summed E-state index contributed by atoms with van der Waals surface area (Å²) in [5.41, 5.74) is 0.226. The second-order valence-electron chi connectivity index (χ2n) is 4.27. The van der Waals surface area contributed by atoms with Crippen molar-refractivity contribution < 1.29 is 18.3 Å². The maximum absolute atomic E-state index is 13.2. The largest absolute Gasteiger partial charge is 0.478 e. The van der Waals surface area contributed by atoms with Gasteiger partial charge in [0.25, 0.3) is 5.91 Å². The van der Waals surface area contributed by atoms with Gasteiger partial charge in [-0.1, -0.05) is 30.0 Å². The lowest BCUT2D eigenvalue weighted by Crippen LogP contribution is -2.23. The van der Waals surface area contributed by atoms with Crippen LogP contribution in [-0.2, 0) is 0 Å². The summed E-state index contributed by atoms with van der Waals surface area (Å²) in [4.78, 5) is 11.7. The van der Waals surface area contributed by atoms with Crippen LogP contribution < -0.4 is 10.1 Å². The molecule has 5 heteroatoms. The van der Waals surface area contributed by atoms with Gasteiger partial charge in [-0.15, -0.1) is 0 Å². The number of halogens is 2. The topological polar surface area (TPSA) is 38.3 Å². The van der Waals surface area contributed by atoms with Crippen molar-refractivity contribution in [3.05, 3.63) is 65.7 Å². The minimum Gasteiger partial charge on any atom is -0.478 e. The molecule has 22 heavy (non-hydrogen) atoms. The van der Waals surface area contributed by atoms with Crippen LogP contribution in [0.4, 0.5) is 8.78 Å². The third-order valence-corrected chi connectivity index (χ3v) is 2.69. The Labute approximate surface area is 126 Å². The van der Waals surface area contributed by atoms with E-state index in [1.54, 1.807) is 12.1 Å². The second-order valence-corrected chi connectivity index (χ2v) is 4.27. The van der Waals surface area contributed by atoms with Gasteiger partial charge in [0, 0.05) is 5.56 Å². The molecule has 2 aromatic carbocycles. The lowest BCUT2D eigenvalue weighted by atomic mass is 10.2. The second kappa shape index (κ2) is 7.79. The molecule has 0 saturated heterocycles. The van der Waals surface area contributed by atoms with Crippen molar-refractivity contribution in [2.45, 2.75) is 0 Å². The first kappa shape index (κ1) is 15.5. The van der Waals surface area contributed by atoms with Crippen LogP contribution in [-0.4, -0.2) is 19.1 Å². The minimum atomic E-state index is -0.475. The van der Waals surface area contributed by atoms with Crippen LogP contribution in [0.1, 0.15) is 10.4 Å². The number of benzene rings is 2. The molecule has 112 valence electrons. The summed E-state index contributed by atoms with van der Waals surface area (Å²) in [5, 5.41) is 2.53. The monoisotopic (exact) mass is 301 g/mol. The quantitative estimate of drug-likeness (QED) is 0.882. The number of carbonyl (C=O) groups excluding carboxylic acids is 1. The first-order valence-electron chi connectivity index (χ1n) is 6.53. The Morgan fingerprint density at radius 1 is 1.09 bits per heavy atom. The molecule has 2 rings (SSSR count). The highest BCUT2D eigenvalue weighted by Crippen LogP contribution is 2.14. The van der Waals surface area contributed by atoms with Crippen molar-refractivity contribution in [3.63, 3.8) is 0 Å². The van der Waals surface area contributed by atoms with Crippen LogP contribution in [0, 0.1) is 23.5 Å². The number of carbonyl (C=O) groups is 1. The fraction of sp³-hybridized carbons (Fsp3) is 0.118. The molecule has 0 aliphatic rings. The average Bonchev–Trinajstić information content (AvgIpc) is 2.52. The summed E-state index contributed by atoms with van der Waals surface area (Å²) in [6.07, 6.45) is 0. The predicted octanol–water partition coefficient (Wildman–Crippen LogP) is 2.78. The van der Waals surface area contributed by atoms with Gasteiger partial charge < -0.3 is 10.1 Å². The normalized spacial score (nSPS) is 9.55. The van der Waals surface area contributed by atoms with E-state index in [0.717, 1.165) is 6.07 Å². The Bertz CT molecular complexity index is 720. The summed E-state index contributed by atoms with van der Waals surface area (Å²) in [5.74, 6) is 4.10. The molecule has 1 N–H and O–H groups in total.